The molecule has 0 spiro atoms. The van der Waals surface area contributed by atoms with Crippen molar-refractivity contribution in [3.63, 3.8) is 0 Å². The fourth-order valence-electron chi connectivity index (χ4n) is 3.59. The highest BCUT2D eigenvalue weighted by Crippen LogP contribution is 2.10. The molecular formula is C27H54N2O6. The molecule has 1 amide bonds. The van der Waals surface area contributed by atoms with Crippen LogP contribution in [0.2, 0.25) is 0 Å². The van der Waals surface area contributed by atoms with Crippen LogP contribution in [0.15, 0.2) is 12.2 Å². The summed E-state index contributed by atoms with van der Waals surface area (Å²) in [6, 6.07) is 0. The lowest BCUT2D eigenvalue weighted by atomic mass is 10.1. The van der Waals surface area contributed by atoms with Gasteiger partial charge in [-0.25, -0.2) is 0 Å². The molecule has 0 heterocycles. The van der Waals surface area contributed by atoms with Crippen LogP contribution in [0.25, 0.3) is 0 Å². The molecule has 0 aromatic carbocycles. The van der Waals surface area contributed by atoms with Crippen LogP contribution >= 0.6 is 0 Å². The predicted octanol–water partition coefficient (Wildman–Crippen LogP) is 3.83. The molecule has 0 bridgehead atoms. The van der Waals surface area contributed by atoms with Gasteiger partial charge < -0.3 is 25.3 Å². The van der Waals surface area contributed by atoms with Crippen LogP contribution in [0.1, 0.15) is 96.8 Å². The number of carboxylic acids is 1. The number of rotatable bonds is 23. The second-order valence-electron chi connectivity index (χ2n) is 8.99. The zero-order valence-electron chi connectivity index (χ0n) is 22.5. The van der Waals surface area contributed by atoms with E-state index < -0.39 is 5.97 Å². The van der Waals surface area contributed by atoms with Gasteiger partial charge in [-0.1, -0.05) is 70.4 Å². The lowest BCUT2D eigenvalue weighted by Gasteiger charge is -2.17. The Morgan fingerprint density at radius 1 is 0.686 bits per heavy atom. The molecule has 208 valence electrons. The summed E-state index contributed by atoms with van der Waals surface area (Å²) in [5.41, 5.74) is 0. The molecule has 0 aromatic rings. The molecule has 35 heavy (non-hydrogen) atoms. The van der Waals surface area contributed by atoms with E-state index in [1.54, 1.807) is 11.9 Å². The van der Waals surface area contributed by atoms with Gasteiger partial charge in [0, 0.05) is 33.1 Å². The third-order valence-corrected chi connectivity index (χ3v) is 5.70. The van der Waals surface area contributed by atoms with Gasteiger partial charge in [-0.3, -0.25) is 14.5 Å². The number of likely N-dealkylation sites (N-methyl/N-ethyl adjacent to an activating group) is 1. The topological polar surface area (TPSA) is 122 Å². The number of aliphatic hydroxyl groups excluding tert-OH is 3. The van der Waals surface area contributed by atoms with Crippen molar-refractivity contribution in [1.29, 1.82) is 0 Å². The van der Waals surface area contributed by atoms with E-state index in [1.807, 2.05) is 0 Å². The van der Waals surface area contributed by atoms with Gasteiger partial charge in [0.15, 0.2) is 0 Å². The molecule has 8 nitrogen and oxygen atoms in total. The van der Waals surface area contributed by atoms with Gasteiger partial charge in [0.1, 0.15) is 6.54 Å². The quantitative estimate of drug-likeness (QED) is 0.124. The minimum Gasteiger partial charge on any atom is -0.480 e. The fraction of sp³-hybridized carbons (Fsp3) is 0.852. The van der Waals surface area contributed by atoms with Gasteiger partial charge in [0.2, 0.25) is 5.91 Å². The second-order valence-corrected chi connectivity index (χ2v) is 8.99. The number of aliphatic hydroxyl groups is 3. The van der Waals surface area contributed by atoms with E-state index >= 15 is 0 Å². The van der Waals surface area contributed by atoms with Crippen LogP contribution in [0.5, 0.6) is 0 Å². The smallest absolute Gasteiger partial charge is 0.323 e. The van der Waals surface area contributed by atoms with Crippen LogP contribution in [0.4, 0.5) is 0 Å². The van der Waals surface area contributed by atoms with E-state index in [0.717, 1.165) is 25.7 Å². The Balaban J connectivity index is 0. The SMILES string of the molecule is CCCCCCCCC=CCCCCCCCC(=O)N(C)CC(=O)O.OCCN(CCO)CCO. The van der Waals surface area contributed by atoms with Gasteiger partial charge in [-0.15, -0.1) is 0 Å². The van der Waals surface area contributed by atoms with Gasteiger partial charge >= 0.3 is 5.97 Å². The average molecular weight is 503 g/mol. The molecule has 0 atom stereocenters. The first-order valence-electron chi connectivity index (χ1n) is 13.6. The molecule has 4 N–H and O–H groups in total. The molecule has 0 aliphatic rings. The van der Waals surface area contributed by atoms with Crippen molar-refractivity contribution in [2.45, 2.75) is 96.8 Å². The summed E-state index contributed by atoms with van der Waals surface area (Å²) >= 11 is 0. The lowest BCUT2D eigenvalue weighted by molar-refractivity contribution is -0.143. The standard InChI is InChI=1S/C21H39NO3.C6H15NO3/c1-3-4-5-6-7-8-9-10-11-12-13-14-15-16-17-18-20(23)22(2)19-21(24)25;8-4-1-7(2-5-9)3-6-10/h10-11H,3-9,12-19H2,1-2H3,(H,24,25);8-10H,1-6H2. The van der Waals surface area contributed by atoms with Crippen molar-refractivity contribution in [2.24, 2.45) is 0 Å². The molecule has 0 radical (unpaired) electrons. The minimum absolute atomic E-state index is 0.0694. The summed E-state index contributed by atoms with van der Waals surface area (Å²) in [7, 11) is 1.55. The zero-order valence-corrected chi connectivity index (χ0v) is 22.5. The third-order valence-electron chi connectivity index (χ3n) is 5.70. The number of nitrogens with zero attached hydrogens (tertiary/aromatic N) is 2. The van der Waals surface area contributed by atoms with Crippen LogP contribution in [0.3, 0.4) is 0 Å². The summed E-state index contributed by atoms with van der Waals surface area (Å²) in [6.07, 6.45) is 21.1. The minimum atomic E-state index is -0.958. The Morgan fingerprint density at radius 3 is 1.54 bits per heavy atom. The molecule has 0 aromatic heterocycles. The van der Waals surface area contributed by atoms with Crippen LogP contribution in [-0.4, -0.2) is 95.1 Å². The number of aliphatic carboxylic acids is 1. The normalized spacial score (nSPS) is 11.0. The lowest BCUT2D eigenvalue weighted by Crippen LogP contribution is -2.32. The summed E-state index contributed by atoms with van der Waals surface area (Å²) in [5, 5.41) is 34.1. The van der Waals surface area contributed by atoms with Gasteiger partial charge in [-0.05, 0) is 32.1 Å². The largest absolute Gasteiger partial charge is 0.480 e. The molecule has 0 aliphatic carbocycles. The highest BCUT2D eigenvalue weighted by Gasteiger charge is 2.11. The molecular weight excluding hydrogens is 448 g/mol. The molecule has 0 fully saturated rings. The number of allylic oxidation sites excluding steroid dienone is 2. The van der Waals surface area contributed by atoms with E-state index in [2.05, 4.69) is 19.1 Å². The van der Waals surface area contributed by atoms with Crippen LogP contribution < -0.4 is 0 Å². The third kappa shape index (κ3) is 28.6. The molecule has 0 aliphatic heterocycles. The summed E-state index contributed by atoms with van der Waals surface area (Å²) < 4.78 is 0. The van der Waals surface area contributed by atoms with Gasteiger partial charge in [0.05, 0.1) is 19.8 Å². The first-order valence-corrected chi connectivity index (χ1v) is 13.6. The Labute approximate surface area is 214 Å². The van der Waals surface area contributed by atoms with E-state index in [1.165, 1.54) is 62.7 Å². The summed E-state index contributed by atoms with van der Waals surface area (Å²) in [5.74, 6) is -1.03. The number of hydrogen-bond donors (Lipinski definition) is 4. The maximum absolute atomic E-state index is 11.7. The Bertz CT molecular complexity index is 488. The molecule has 8 heteroatoms. The summed E-state index contributed by atoms with van der Waals surface area (Å²) in [4.78, 5) is 25.3. The van der Waals surface area contributed by atoms with E-state index in [9.17, 15) is 9.59 Å². The van der Waals surface area contributed by atoms with Crippen LogP contribution in [0, 0.1) is 0 Å². The van der Waals surface area contributed by atoms with Gasteiger partial charge in [0.25, 0.3) is 0 Å². The van der Waals surface area contributed by atoms with Crippen molar-refractivity contribution in [2.75, 3.05) is 53.0 Å². The maximum atomic E-state index is 11.7. The van der Waals surface area contributed by atoms with E-state index in [4.69, 9.17) is 20.4 Å². The number of carbonyl (C=O) groups is 2. The molecule has 0 unspecified atom stereocenters. The predicted molar refractivity (Wildman–Crippen MR) is 142 cm³/mol. The Hall–Kier alpha value is -1.48. The van der Waals surface area contributed by atoms with Crippen molar-refractivity contribution in [3.8, 4) is 0 Å². The fourth-order valence-corrected chi connectivity index (χ4v) is 3.59. The highest BCUT2D eigenvalue weighted by molar-refractivity contribution is 5.80. The number of amides is 1. The average Bonchev–Trinajstić information content (AvgIpc) is 2.82. The first-order chi connectivity index (χ1) is 16.9. The Morgan fingerprint density at radius 2 is 1.11 bits per heavy atom. The van der Waals surface area contributed by atoms with Crippen molar-refractivity contribution < 1.29 is 30.0 Å². The van der Waals surface area contributed by atoms with E-state index in [0.29, 0.717) is 26.1 Å². The number of unbranched alkanes of at least 4 members (excludes halogenated alkanes) is 11. The van der Waals surface area contributed by atoms with Crippen molar-refractivity contribution >= 4 is 11.9 Å². The Kier molecular flexibility index (Phi) is 29.3. The molecule has 0 rings (SSSR count). The maximum Gasteiger partial charge on any atom is 0.323 e. The van der Waals surface area contributed by atoms with E-state index in [-0.39, 0.29) is 32.3 Å². The monoisotopic (exact) mass is 502 g/mol. The second kappa shape index (κ2) is 28.8. The summed E-state index contributed by atoms with van der Waals surface area (Å²) in [6.45, 7) is 3.80. The number of carbonyl (C=O) groups excluding carboxylic acids is 1. The molecule has 0 saturated heterocycles. The van der Waals surface area contributed by atoms with Crippen molar-refractivity contribution in [1.82, 2.24) is 9.80 Å². The van der Waals surface area contributed by atoms with Crippen molar-refractivity contribution in [3.05, 3.63) is 12.2 Å². The van der Waals surface area contributed by atoms with Gasteiger partial charge in [-0.2, -0.15) is 0 Å². The molecule has 0 saturated carbocycles. The zero-order chi connectivity index (χ0) is 26.6. The van der Waals surface area contributed by atoms with Crippen LogP contribution in [-0.2, 0) is 9.59 Å². The number of carboxylic acid groups (broad SMARTS) is 1. The highest BCUT2D eigenvalue weighted by atomic mass is 16.4. The number of hydrogen-bond acceptors (Lipinski definition) is 6. The first kappa shape index (κ1) is 35.7.